The topological polar surface area (TPSA) is 81.8 Å². The molecule has 0 aromatic carbocycles. The number of carbonyl (C=O) groups excluding carboxylic acids is 1. The standard InChI is InChI=1S/C8H15NO4/c9-7(1-3-10)8(11)13-6-2-4-12-5-6/h6-7,10H,1-5,9H2. The van der Waals surface area contributed by atoms with Crippen LogP contribution in [0.15, 0.2) is 0 Å². The number of nitrogens with two attached hydrogens (primary N) is 1. The van der Waals surface area contributed by atoms with Crippen LogP contribution in [0.5, 0.6) is 0 Å². The van der Waals surface area contributed by atoms with Crippen LogP contribution in [0, 0.1) is 0 Å². The van der Waals surface area contributed by atoms with E-state index in [-0.39, 0.29) is 19.1 Å². The van der Waals surface area contributed by atoms with Gasteiger partial charge in [0.2, 0.25) is 0 Å². The molecule has 1 heterocycles. The van der Waals surface area contributed by atoms with Gasteiger partial charge in [-0.3, -0.25) is 4.79 Å². The van der Waals surface area contributed by atoms with Gasteiger partial charge in [-0.2, -0.15) is 0 Å². The second-order valence-electron chi connectivity index (χ2n) is 3.04. The summed E-state index contributed by atoms with van der Waals surface area (Å²) in [6.45, 7) is 0.988. The highest BCUT2D eigenvalue weighted by molar-refractivity contribution is 5.75. The second-order valence-corrected chi connectivity index (χ2v) is 3.04. The molecule has 1 fully saturated rings. The van der Waals surface area contributed by atoms with Crippen LogP contribution in [0.25, 0.3) is 0 Å². The summed E-state index contributed by atoms with van der Waals surface area (Å²) in [7, 11) is 0. The Bertz CT molecular complexity index is 168. The average Bonchev–Trinajstić information content (AvgIpc) is 2.57. The van der Waals surface area contributed by atoms with Crippen molar-refractivity contribution in [2.24, 2.45) is 5.73 Å². The van der Waals surface area contributed by atoms with E-state index in [1.54, 1.807) is 0 Å². The molecular weight excluding hydrogens is 174 g/mol. The minimum Gasteiger partial charge on any atom is -0.459 e. The molecule has 13 heavy (non-hydrogen) atoms. The van der Waals surface area contributed by atoms with Crippen LogP contribution in [-0.4, -0.2) is 43.0 Å². The third-order valence-electron chi connectivity index (χ3n) is 1.91. The number of aliphatic hydroxyl groups excluding tert-OH is 1. The first-order valence-corrected chi connectivity index (χ1v) is 4.38. The molecule has 2 unspecified atom stereocenters. The van der Waals surface area contributed by atoms with E-state index < -0.39 is 12.0 Å². The lowest BCUT2D eigenvalue weighted by molar-refractivity contribution is -0.151. The summed E-state index contributed by atoms with van der Waals surface area (Å²) in [6.07, 6.45) is 0.821. The highest BCUT2D eigenvalue weighted by atomic mass is 16.6. The Morgan fingerprint density at radius 3 is 3.08 bits per heavy atom. The minimum absolute atomic E-state index is 0.0998. The minimum atomic E-state index is -0.717. The van der Waals surface area contributed by atoms with Gasteiger partial charge in [-0.15, -0.1) is 0 Å². The molecule has 0 aromatic rings. The molecule has 0 aromatic heterocycles. The molecule has 5 nitrogen and oxygen atoms in total. The number of aliphatic hydroxyl groups is 1. The van der Waals surface area contributed by atoms with Crippen LogP contribution in [-0.2, 0) is 14.3 Å². The largest absolute Gasteiger partial charge is 0.459 e. The molecular formula is C8H15NO4. The van der Waals surface area contributed by atoms with Gasteiger partial charge in [0, 0.05) is 13.0 Å². The molecule has 0 saturated carbocycles. The van der Waals surface area contributed by atoms with Crippen molar-refractivity contribution in [2.45, 2.75) is 25.0 Å². The van der Waals surface area contributed by atoms with E-state index in [9.17, 15) is 4.79 Å². The Balaban J connectivity index is 2.22. The second kappa shape index (κ2) is 5.16. The number of carbonyl (C=O) groups is 1. The van der Waals surface area contributed by atoms with Crippen molar-refractivity contribution < 1.29 is 19.4 Å². The monoisotopic (exact) mass is 189 g/mol. The summed E-state index contributed by atoms with van der Waals surface area (Å²) < 4.78 is 10.1. The first-order chi connectivity index (χ1) is 6.24. The highest BCUT2D eigenvalue weighted by Gasteiger charge is 2.23. The Kier molecular flexibility index (Phi) is 4.14. The normalized spacial score (nSPS) is 24.3. The third kappa shape index (κ3) is 3.30. The fourth-order valence-corrected chi connectivity index (χ4v) is 1.11. The molecule has 1 rings (SSSR count). The number of hydrogen-bond donors (Lipinski definition) is 2. The number of ether oxygens (including phenoxy) is 2. The Hall–Kier alpha value is -0.650. The summed E-state index contributed by atoms with van der Waals surface area (Å²) in [5, 5.41) is 8.53. The molecule has 0 amide bonds. The highest BCUT2D eigenvalue weighted by Crippen LogP contribution is 2.09. The quantitative estimate of drug-likeness (QED) is 0.556. The van der Waals surface area contributed by atoms with Gasteiger partial charge in [0.25, 0.3) is 0 Å². The van der Waals surface area contributed by atoms with Crippen LogP contribution < -0.4 is 5.73 Å². The maximum absolute atomic E-state index is 11.2. The van der Waals surface area contributed by atoms with Gasteiger partial charge >= 0.3 is 5.97 Å². The maximum Gasteiger partial charge on any atom is 0.323 e. The summed E-state index contributed by atoms with van der Waals surface area (Å²) in [5.41, 5.74) is 5.43. The Morgan fingerprint density at radius 2 is 2.54 bits per heavy atom. The van der Waals surface area contributed by atoms with E-state index >= 15 is 0 Å². The predicted octanol–water partition coefficient (Wildman–Crippen LogP) is -0.972. The van der Waals surface area contributed by atoms with Crippen molar-refractivity contribution in [2.75, 3.05) is 19.8 Å². The van der Waals surface area contributed by atoms with Crippen LogP contribution in [0.4, 0.5) is 0 Å². The summed E-state index contributed by atoms with van der Waals surface area (Å²) in [5.74, 6) is -0.454. The van der Waals surface area contributed by atoms with Gasteiger partial charge in [-0.25, -0.2) is 0 Å². The number of hydrogen-bond acceptors (Lipinski definition) is 5. The lowest BCUT2D eigenvalue weighted by atomic mass is 10.2. The molecule has 0 radical (unpaired) electrons. The van der Waals surface area contributed by atoms with Crippen molar-refractivity contribution in [3.63, 3.8) is 0 Å². The number of esters is 1. The van der Waals surface area contributed by atoms with Gasteiger partial charge in [-0.1, -0.05) is 0 Å². The molecule has 0 bridgehead atoms. The van der Waals surface area contributed by atoms with Crippen molar-refractivity contribution in [3.8, 4) is 0 Å². The van der Waals surface area contributed by atoms with Crippen LogP contribution in [0.2, 0.25) is 0 Å². The molecule has 1 aliphatic rings. The lowest BCUT2D eigenvalue weighted by Crippen LogP contribution is -2.35. The Morgan fingerprint density at radius 1 is 1.77 bits per heavy atom. The van der Waals surface area contributed by atoms with Gasteiger partial charge in [0.05, 0.1) is 13.2 Å². The average molecular weight is 189 g/mol. The first kappa shape index (κ1) is 10.4. The van der Waals surface area contributed by atoms with Gasteiger partial charge in [0.15, 0.2) is 0 Å². The van der Waals surface area contributed by atoms with Crippen molar-refractivity contribution >= 4 is 5.97 Å². The molecule has 0 spiro atoms. The van der Waals surface area contributed by atoms with E-state index in [1.807, 2.05) is 0 Å². The predicted molar refractivity (Wildman–Crippen MR) is 45.0 cm³/mol. The molecule has 1 saturated heterocycles. The van der Waals surface area contributed by atoms with Gasteiger partial charge in [0.1, 0.15) is 12.1 Å². The van der Waals surface area contributed by atoms with Crippen LogP contribution >= 0.6 is 0 Å². The zero-order chi connectivity index (χ0) is 9.68. The smallest absolute Gasteiger partial charge is 0.323 e. The van der Waals surface area contributed by atoms with E-state index in [2.05, 4.69) is 0 Å². The van der Waals surface area contributed by atoms with Crippen LogP contribution in [0.3, 0.4) is 0 Å². The summed E-state index contributed by atoms with van der Waals surface area (Å²) in [6, 6.07) is -0.717. The summed E-state index contributed by atoms with van der Waals surface area (Å²) in [4.78, 5) is 11.2. The molecule has 0 aliphatic carbocycles. The molecule has 1 aliphatic heterocycles. The first-order valence-electron chi connectivity index (χ1n) is 4.38. The Labute approximate surface area is 76.8 Å². The molecule has 2 atom stereocenters. The van der Waals surface area contributed by atoms with Crippen LogP contribution in [0.1, 0.15) is 12.8 Å². The van der Waals surface area contributed by atoms with Crippen molar-refractivity contribution in [1.29, 1.82) is 0 Å². The van der Waals surface area contributed by atoms with E-state index in [0.29, 0.717) is 13.2 Å². The molecule has 76 valence electrons. The number of rotatable bonds is 4. The lowest BCUT2D eigenvalue weighted by Gasteiger charge is -2.13. The van der Waals surface area contributed by atoms with E-state index in [1.165, 1.54) is 0 Å². The van der Waals surface area contributed by atoms with E-state index in [0.717, 1.165) is 6.42 Å². The summed E-state index contributed by atoms with van der Waals surface area (Å²) >= 11 is 0. The van der Waals surface area contributed by atoms with Gasteiger partial charge < -0.3 is 20.3 Å². The zero-order valence-corrected chi connectivity index (χ0v) is 7.44. The zero-order valence-electron chi connectivity index (χ0n) is 7.44. The van der Waals surface area contributed by atoms with Crippen molar-refractivity contribution in [3.05, 3.63) is 0 Å². The SMILES string of the molecule is NC(CCO)C(=O)OC1CCOC1. The third-order valence-corrected chi connectivity index (χ3v) is 1.91. The van der Waals surface area contributed by atoms with E-state index in [4.69, 9.17) is 20.3 Å². The maximum atomic E-state index is 11.2. The molecule has 3 N–H and O–H groups in total. The van der Waals surface area contributed by atoms with Crippen molar-refractivity contribution in [1.82, 2.24) is 0 Å². The molecule has 5 heteroatoms. The fraction of sp³-hybridized carbons (Fsp3) is 0.875. The van der Waals surface area contributed by atoms with Gasteiger partial charge in [-0.05, 0) is 6.42 Å². The fourth-order valence-electron chi connectivity index (χ4n) is 1.11.